The van der Waals surface area contributed by atoms with Crippen LogP contribution in [-0.2, 0) is 9.53 Å². The van der Waals surface area contributed by atoms with Crippen LogP contribution < -0.4 is 0 Å². The Morgan fingerprint density at radius 3 is 2.53 bits per heavy atom. The van der Waals surface area contributed by atoms with Crippen molar-refractivity contribution < 1.29 is 13.9 Å². The van der Waals surface area contributed by atoms with Crippen molar-refractivity contribution in [3.8, 4) is 0 Å². The molecule has 0 aliphatic carbocycles. The Kier molecular flexibility index (Phi) is 4.05. The molecule has 0 unspecified atom stereocenters. The third kappa shape index (κ3) is 4.81. The van der Waals surface area contributed by atoms with Crippen LogP contribution >= 0.6 is 0 Å². The number of carbonyl (C=O) groups excluding carboxylic acids is 1. The van der Waals surface area contributed by atoms with Crippen LogP contribution in [0, 0.1) is 12.7 Å². The summed E-state index contributed by atoms with van der Waals surface area (Å²) in [5.74, 6) is -0.817. The molecule has 0 saturated heterocycles. The maximum Gasteiger partial charge on any atom is 0.331 e. The summed E-state index contributed by atoms with van der Waals surface area (Å²) in [6.07, 6.45) is 2.65. The van der Waals surface area contributed by atoms with Crippen molar-refractivity contribution in [1.82, 2.24) is 0 Å². The third-order valence-electron chi connectivity index (χ3n) is 1.96. The van der Waals surface area contributed by atoms with Crippen molar-refractivity contribution in [3.05, 3.63) is 41.2 Å². The van der Waals surface area contributed by atoms with Gasteiger partial charge in [-0.25, -0.2) is 9.18 Å². The number of halogens is 1. The van der Waals surface area contributed by atoms with Crippen molar-refractivity contribution in [3.63, 3.8) is 0 Å². The molecule has 0 fully saturated rings. The van der Waals surface area contributed by atoms with E-state index in [1.165, 1.54) is 18.2 Å². The number of hydrogen-bond donors (Lipinski definition) is 0. The van der Waals surface area contributed by atoms with Gasteiger partial charge in [0, 0.05) is 11.6 Å². The number of esters is 1. The van der Waals surface area contributed by atoms with Crippen molar-refractivity contribution in [1.29, 1.82) is 0 Å². The van der Waals surface area contributed by atoms with E-state index in [1.54, 1.807) is 32.9 Å². The first-order valence-electron chi connectivity index (χ1n) is 5.45. The van der Waals surface area contributed by atoms with Crippen molar-refractivity contribution >= 4 is 12.0 Å². The van der Waals surface area contributed by atoms with Crippen molar-refractivity contribution in [2.24, 2.45) is 0 Å². The molecule has 0 spiro atoms. The van der Waals surface area contributed by atoms with E-state index in [0.29, 0.717) is 5.56 Å². The Bertz CT molecular complexity index is 442. The zero-order chi connectivity index (χ0) is 13.1. The monoisotopic (exact) mass is 236 g/mol. The number of carbonyl (C=O) groups is 1. The average Bonchev–Trinajstić information content (AvgIpc) is 2.13. The van der Waals surface area contributed by atoms with Gasteiger partial charge in [0.2, 0.25) is 0 Å². The smallest absolute Gasteiger partial charge is 0.331 e. The molecule has 92 valence electrons. The Morgan fingerprint density at radius 2 is 2.00 bits per heavy atom. The standard InChI is InChI=1S/C14H17FO2/c1-10-5-6-11(12(15)9-10)7-8-13(16)17-14(2,3)4/h5-9H,1-4H3/b8-7+. The van der Waals surface area contributed by atoms with Gasteiger partial charge in [0.15, 0.2) is 0 Å². The maximum atomic E-state index is 13.4. The zero-order valence-electron chi connectivity index (χ0n) is 10.6. The van der Waals surface area contributed by atoms with Gasteiger partial charge in [0.25, 0.3) is 0 Å². The number of rotatable bonds is 2. The molecule has 1 aromatic rings. The first-order valence-corrected chi connectivity index (χ1v) is 5.45. The lowest BCUT2D eigenvalue weighted by atomic mass is 10.1. The van der Waals surface area contributed by atoms with E-state index < -0.39 is 11.6 Å². The summed E-state index contributed by atoms with van der Waals surface area (Å²) in [6.45, 7) is 7.16. The van der Waals surface area contributed by atoms with Gasteiger partial charge in [-0.05, 0) is 45.4 Å². The summed E-state index contributed by atoms with van der Waals surface area (Å²) in [4.78, 5) is 11.4. The lowest BCUT2D eigenvalue weighted by molar-refractivity contribution is -0.148. The summed E-state index contributed by atoms with van der Waals surface area (Å²) in [5.41, 5.74) is 0.686. The predicted octanol–water partition coefficient (Wildman–Crippen LogP) is 3.49. The Balaban J connectivity index is 2.74. The van der Waals surface area contributed by atoms with Gasteiger partial charge in [-0.3, -0.25) is 0 Å². The molecule has 0 aliphatic rings. The molecule has 0 radical (unpaired) electrons. The molecule has 0 N–H and O–H groups in total. The van der Waals surface area contributed by atoms with E-state index in [2.05, 4.69) is 0 Å². The first-order chi connectivity index (χ1) is 7.78. The Hall–Kier alpha value is -1.64. The van der Waals surface area contributed by atoms with Crippen molar-refractivity contribution in [2.45, 2.75) is 33.3 Å². The fourth-order valence-corrected chi connectivity index (χ4v) is 1.26. The third-order valence-corrected chi connectivity index (χ3v) is 1.96. The topological polar surface area (TPSA) is 26.3 Å². The minimum absolute atomic E-state index is 0.343. The Labute approximate surface area is 101 Å². The summed E-state index contributed by atoms with van der Waals surface area (Å²) >= 11 is 0. The fraction of sp³-hybridized carbons (Fsp3) is 0.357. The van der Waals surface area contributed by atoms with Gasteiger partial charge in [-0.1, -0.05) is 12.1 Å². The van der Waals surface area contributed by atoms with Crippen molar-refractivity contribution in [2.75, 3.05) is 0 Å². The summed E-state index contributed by atoms with van der Waals surface area (Å²) in [6, 6.07) is 4.85. The molecule has 0 bridgehead atoms. The molecule has 3 heteroatoms. The van der Waals surface area contributed by atoms with E-state index in [0.717, 1.165) is 5.56 Å². The van der Waals surface area contributed by atoms with E-state index >= 15 is 0 Å². The fourth-order valence-electron chi connectivity index (χ4n) is 1.26. The number of hydrogen-bond acceptors (Lipinski definition) is 2. The molecule has 1 rings (SSSR count). The average molecular weight is 236 g/mol. The van der Waals surface area contributed by atoms with Crippen LogP contribution in [0.3, 0.4) is 0 Å². The molecule has 0 aromatic heterocycles. The molecule has 0 atom stereocenters. The largest absolute Gasteiger partial charge is 0.457 e. The molecule has 1 aromatic carbocycles. The van der Waals surface area contributed by atoms with Crippen LogP contribution in [-0.4, -0.2) is 11.6 Å². The van der Waals surface area contributed by atoms with Crippen LogP contribution in [0.1, 0.15) is 31.9 Å². The van der Waals surface area contributed by atoms with Crippen LogP contribution in [0.15, 0.2) is 24.3 Å². The first kappa shape index (κ1) is 13.4. The van der Waals surface area contributed by atoms with Gasteiger partial charge in [-0.15, -0.1) is 0 Å². The highest BCUT2D eigenvalue weighted by Crippen LogP contribution is 2.12. The van der Waals surface area contributed by atoms with Gasteiger partial charge < -0.3 is 4.74 Å². The van der Waals surface area contributed by atoms with E-state index in [-0.39, 0.29) is 5.82 Å². The molecule has 2 nitrogen and oxygen atoms in total. The zero-order valence-corrected chi connectivity index (χ0v) is 10.6. The normalized spacial score (nSPS) is 11.8. The molecule has 0 heterocycles. The highest BCUT2D eigenvalue weighted by molar-refractivity contribution is 5.87. The molecule has 0 amide bonds. The lowest BCUT2D eigenvalue weighted by Gasteiger charge is -2.17. The van der Waals surface area contributed by atoms with E-state index in [1.807, 2.05) is 6.92 Å². The van der Waals surface area contributed by atoms with E-state index in [9.17, 15) is 9.18 Å². The van der Waals surface area contributed by atoms with Crippen LogP contribution in [0.25, 0.3) is 6.08 Å². The van der Waals surface area contributed by atoms with E-state index in [4.69, 9.17) is 4.74 Å². The van der Waals surface area contributed by atoms with Crippen LogP contribution in [0.4, 0.5) is 4.39 Å². The maximum absolute atomic E-state index is 13.4. The lowest BCUT2D eigenvalue weighted by Crippen LogP contribution is -2.22. The molecular weight excluding hydrogens is 219 g/mol. The summed E-state index contributed by atoms with van der Waals surface area (Å²) < 4.78 is 18.5. The molecule has 17 heavy (non-hydrogen) atoms. The second-order valence-electron chi connectivity index (χ2n) is 4.89. The summed E-state index contributed by atoms with van der Waals surface area (Å²) in [5, 5.41) is 0. The highest BCUT2D eigenvalue weighted by Gasteiger charge is 2.13. The number of aryl methyl sites for hydroxylation is 1. The van der Waals surface area contributed by atoms with Gasteiger partial charge in [0.1, 0.15) is 11.4 Å². The van der Waals surface area contributed by atoms with Gasteiger partial charge in [-0.2, -0.15) is 0 Å². The second-order valence-corrected chi connectivity index (χ2v) is 4.89. The summed E-state index contributed by atoms with van der Waals surface area (Å²) in [7, 11) is 0. The van der Waals surface area contributed by atoms with Gasteiger partial charge in [0.05, 0.1) is 0 Å². The number of benzene rings is 1. The molecular formula is C14H17FO2. The quantitative estimate of drug-likeness (QED) is 0.580. The second kappa shape index (κ2) is 5.13. The van der Waals surface area contributed by atoms with Crippen LogP contribution in [0.2, 0.25) is 0 Å². The minimum atomic E-state index is -0.534. The predicted molar refractivity (Wildman–Crippen MR) is 66.0 cm³/mol. The van der Waals surface area contributed by atoms with Gasteiger partial charge >= 0.3 is 5.97 Å². The SMILES string of the molecule is Cc1ccc(/C=C/C(=O)OC(C)(C)C)c(F)c1. The highest BCUT2D eigenvalue weighted by atomic mass is 19.1. The van der Waals surface area contributed by atoms with Crippen LogP contribution in [0.5, 0.6) is 0 Å². The Morgan fingerprint density at radius 1 is 1.35 bits per heavy atom. The minimum Gasteiger partial charge on any atom is -0.457 e. The number of ether oxygens (including phenoxy) is 1. The molecule has 0 saturated carbocycles. The molecule has 0 aliphatic heterocycles.